The number of benzene rings is 1. The molecule has 0 spiro atoms. The van der Waals surface area contributed by atoms with E-state index < -0.39 is 5.97 Å². The Bertz CT molecular complexity index is 478. The van der Waals surface area contributed by atoms with Crippen molar-refractivity contribution in [3.63, 3.8) is 0 Å². The summed E-state index contributed by atoms with van der Waals surface area (Å²) in [6, 6.07) is 6.80. The molecule has 0 aliphatic heterocycles. The summed E-state index contributed by atoms with van der Waals surface area (Å²) >= 11 is 0. The first-order valence-electron chi connectivity index (χ1n) is 6.82. The Hall–Kier alpha value is -2.17. The minimum atomic E-state index is -0.401. The first-order valence-corrected chi connectivity index (χ1v) is 6.82. The molecular weight excluding hydrogens is 272 g/mol. The van der Waals surface area contributed by atoms with Crippen LogP contribution in [0, 0.1) is 0 Å². The molecule has 0 radical (unpaired) electrons. The number of hydrogen-bond acceptors (Lipinski definition) is 5. The van der Waals surface area contributed by atoms with Crippen LogP contribution < -0.4 is 0 Å². The van der Waals surface area contributed by atoms with Gasteiger partial charge in [0.15, 0.2) is 0 Å². The molecule has 0 N–H and O–H groups in total. The Labute approximate surface area is 124 Å². The van der Waals surface area contributed by atoms with Gasteiger partial charge in [-0.2, -0.15) is 0 Å². The lowest BCUT2D eigenvalue weighted by molar-refractivity contribution is -0.140. The molecule has 21 heavy (non-hydrogen) atoms. The number of hydrogen-bond donors (Lipinski definition) is 0. The van der Waals surface area contributed by atoms with Crippen molar-refractivity contribution in [2.75, 3.05) is 14.2 Å². The Balaban J connectivity index is 2.54. The molecule has 1 rings (SSSR count). The van der Waals surface area contributed by atoms with E-state index in [-0.39, 0.29) is 11.9 Å². The summed E-state index contributed by atoms with van der Waals surface area (Å²) in [5.41, 5.74) is 1.31. The van der Waals surface area contributed by atoms with Gasteiger partial charge in [-0.25, -0.2) is 4.79 Å². The quantitative estimate of drug-likeness (QED) is 0.418. The van der Waals surface area contributed by atoms with Gasteiger partial charge >= 0.3 is 11.9 Å². The fourth-order valence-electron chi connectivity index (χ4n) is 2.03. The SMILES string of the molecule is COC(=O)CCCCC(C=O)c1ccc(C(=O)OC)cc1. The molecule has 5 heteroatoms. The zero-order valence-corrected chi connectivity index (χ0v) is 12.3. The van der Waals surface area contributed by atoms with Crippen molar-refractivity contribution in [1.29, 1.82) is 0 Å². The van der Waals surface area contributed by atoms with E-state index in [0.717, 1.165) is 18.3 Å². The number of esters is 2. The van der Waals surface area contributed by atoms with E-state index in [4.69, 9.17) is 0 Å². The van der Waals surface area contributed by atoms with Gasteiger partial charge in [-0.05, 0) is 30.5 Å². The molecule has 0 amide bonds. The molecule has 1 aromatic rings. The molecule has 0 aliphatic rings. The van der Waals surface area contributed by atoms with E-state index in [9.17, 15) is 14.4 Å². The predicted molar refractivity (Wildman–Crippen MR) is 77.1 cm³/mol. The lowest BCUT2D eigenvalue weighted by Crippen LogP contribution is -2.05. The molecule has 0 saturated carbocycles. The molecule has 0 bridgehead atoms. The minimum absolute atomic E-state index is 0.227. The summed E-state index contributed by atoms with van der Waals surface area (Å²) in [6.07, 6.45) is 3.38. The third kappa shape index (κ3) is 5.38. The van der Waals surface area contributed by atoms with Gasteiger partial charge in [-0.1, -0.05) is 18.6 Å². The second-order valence-electron chi connectivity index (χ2n) is 4.68. The van der Waals surface area contributed by atoms with E-state index in [0.29, 0.717) is 24.8 Å². The molecule has 5 nitrogen and oxygen atoms in total. The summed E-state index contributed by atoms with van der Waals surface area (Å²) in [7, 11) is 2.69. The highest BCUT2D eigenvalue weighted by Crippen LogP contribution is 2.21. The Morgan fingerprint density at radius 2 is 1.76 bits per heavy atom. The minimum Gasteiger partial charge on any atom is -0.469 e. The first kappa shape index (κ1) is 16.9. The molecule has 1 aromatic carbocycles. The molecule has 1 unspecified atom stereocenters. The third-order valence-corrected chi connectivity index (χ3v) is 3.30. The Morgan fingerprint density at radius 1 is 1.10 bits per heavy atom. The van der Waals surface area contributed by atoms with Crippen molar-refractivity contribution in [1.82, 2.24) is 0 Å². The maximum absolute atomic E-state index is 11.3. The van der Waals surface area contributed by atoms with E-state index in [1.807, 2.05) is 0 Å². The number of unbranched alkanes of at least 4 members (excludes halogenated alkanes) is 1. The van der Waals surface area contributed by atoms with Crippen molar-refractivity contribution in [3.8, 4) is 0 Å². The zero-order chi connectivity index (χ0) is 15.7. The zero-order valence-electron chi connectivity index (χ0n) is 12.3. The standard InChI is InChI=1S/C16H20O5/c1-20-15(18)6-4-3-5-14(11-17)12-7-9-13(10-8-12)16(19)21-2/h7-11,14H,3-6H2,1-2H3. The maximum Gasteiger partial charge on any atom is 0.337 e. The van der Waals surface area contributed by atoms with Crippen LogP contribution in [0.15, 0.2) is 24.3 Å². The van der Waals surface area contributed by atoms with E-state index in [2.05, 4.69) is 9.47 Å². The summed E-state index contributed by atoms with van der Waals surface area (Å²) in [4.78, 5) is 33.5. The normalized spacial score (nSPS) is 11.5. The largest absolute Gasteiger partial charge is 0.469 e. The van der Waals surface area contributed by atoms with Crippen LogP contribution in [0.4, 0.5) is 0 Å². The van der Waals surface area contributed by atoms with E-state index >= 15 is 0 Å². The van der Waals surface area contributed by atoms with Crippen LogP contribution in [-0.2, 0) is 19.1 Å². The van der Waals surface area contributed by atoms with Gasteiger partial charge in [0, 0.05) is 12.3 Å². The molecular formula is C16H20O5. The number of aldehydes is 1. The maximum atomic E-state index is 11.3. The lowest BCUT2D eigenvalue weighted by atomic mass is 9.94. The van der Waals surface area contributed by atoms with Crippen LogP contribution in [0.25, 0.3) is 0 Å². The van der Waals surface area contributed by atoms with Gasteiger partial charge in [-0.15, -0.1) is 0 Å². The van der Waals surface area contributed by atoms with Gasteiger partial charge in [-0.3, -0.25) is 4.79 Å². The fourth-order valence-corrected chi connectivity index (χ4v) is 2.03. The Kier molecular flexibility index (Phi) is 7.15. The first-order chi connectivity index (χ1) is 10.1. The number of carbonyl (C=O) groups excluding carboxylic acids is 3. The fraction of sp³-hybridized carbons (Fsp3) is 0.438. The summed E-state index contributed by atoms with van der Waals surface area (Å²) in [6.45, 7) is 0. The third-order valence-electron chi connectivity index (χ3n) is 3.30. The van der Waals surface area contributed by atoms with Gasteiger partial charge < -0.3 is 14.3 Å². The highest BCUT2D eigenvalue weighted by molar-refractivity contribution is 5.89. The Morgan fingerprint density at radius 3 is 2.29 bits per heavy atom. The van der Waals surface area contributed by atoms with Crippen molar-refractivity contribution >= 4 is 18.2 Å². The highest BCUT2D eigenvalue weighted by Gasteiger charge is 2.12. The monoisotopic (exact) mass is 292 g/mol. The smallest absolute Gasteiger partial charge is 0.337 e. The number of rotatable bonds is 8. The molecule has 1 atom stereocenters. The average Bonchev–Trinajstić information content (AvgIpc) is 2.54. The topological polar surface area (TPSA) is 69.7 Å². The van der Waals surface area contributed by atoms with Crippen LogP contribution in [0.5, 0.6) is 0 Å². The molecule has 0 aliphatic carbocycles. The van der Waals surface area contributed by atoms with Crippen LogP contribution in [0.3, 0.4) is 0 Å². The molecule has 0 fully saturated rings. The van der Waals surface area contributed by atoms with Gasteiger partial charge in [0.1, 0.15) is 6.29 Å². The van der Waals surface area contributed by atoms with Crippen molar-refractivity contribution in [2.45, 2.75) is 31.6 Å². The van der Waals surface area contributed by atoms with Crippen LogP contribution >= 0.6 is 0 Å². The number of methoxy groups -OCH3 is 2. The highest BCUT2D eigenvalue weighted by atomic mass is 16.5. The number of ether oxygens (including phenoxy) is 2. The van der Waals surface area contributed by atoms with E-state index in [1.165, 1.54) is 14.2 Å². The van der Waals surface area contributed by atoms with Crippen molar-refractivity contribution in [2.24, 2.45) is 0 Å². The van der Waals surface area contributed by atoms with Crippen molar-refractivity contribution < 1.29 is 23.9 Å². The summed E-state index contributed by atoms with van der Waals surface area (Å²) in [5.74, 6) is -0.864. The van der Waals surface area contributed by atoms with Gasteiger partial charge in [0.05, 0.1) is 19.8 Å². The van der Waals surface area contributed by atoms with Crippen LogP contribution in [0.2, 0.25) is 0 Å². The second-order valence-corrected chi connectivity index (χ2v) is 4.68. The van der Waals surface area contributed by atoms with Crippen LogP contribution in [-0.4, -0.2) is 32.4 Å². The molecule has 0 heterocycles. The summed E-state index contributed by atoms with van der Waals surface area (Å²) in [5, 5.41) is 0. The van der Waals surface area contributed by atoms with Crippen LogP contribution in [0.1, 0.15) is 47.5 Å². The van der Waals surface area contributed by atoms with Gasteiger partial charge in [0.25, 0.3) is 0 Å². The average molecular weight is 292 g/mol. The van der Waals surface area contributed by atoms with Gasteiger partial charge in [0.2, 0.25) is 0 Å². The van der Waals surface area contributed by atoms with E-state index in [1.54, 1.807) is 24.3 Å². The molecule has 0 aromatic heterocycles. The number of carbonyl (C=O) groups is 3. The predicted octanol–water partition coefficient (Wildman–Crippen LogP) is 2.49. The lowest BCUT2D eigenvalue weighted by Gasteiger charge is -2.11. The van der Waals surface area contributed by atoms with Crippen molar-refractivity contribution in [3.05, 3.63) is 35.4 Å². The summed E-state index contributed by atoms with van der Waals surface area (Å²) < 4.78 is 9.19. The second kappa shape index (κ2) is 8.89. The molecule has 114 valence electrons. The molecule has 0 saturated heterocycles.